The molecule has 0 saturated carbocycles. The van der Waals surface area contributed by atoms with Crippen LogP contribution in [-0.4, -0.2) is 50.0 Å². The Morgan fingerprint density at radius 1 is 1.17 bits per heavy atom. The minimum absolute atomic E-state index is 0.261. The standard InChI is InChI=1S/C13H26N2O2S/c1-12(2)4-3-7-15(8-5-12)13(10-14)6-9-18(16,17)11-13/h3-11,14H2,1-2H3. The topological polar surface area (TPSA) is 63.4 Å². The lowest BCUT2D eigenvalue weighted by Crippen LogP contribution is -2.55. The highest BCUT2D eigenvalue weighted by Crippen LogP contribution is 2.35. The van der Waals surface area contributed by atoms with Crippen molar-refractivity contribution >= 4 is 9.84 Å². The molecule has 2 aliphatic heterocycles. The van der Waals surface area contributed by atoms with Gasteiger partial charge in [-0.15, -0.1) is 0 Å². The lowest BCUT2D eigenvalue weighted by atomic mass is 9.85. The van der Waals surface area contributed by atoms with Gasteiger partial charge in [0.15, 0.2) is 9.84 Å². The summed E-state index contributed by atoms with van der Waals surface area (Å²) in [6.45, 7) is 7.05. The molecule has 2 N–H and O–H groups in total. The monoisotopic (exact) mass is 274 g/mol. The molecule has 0 radical (unpaired) electrons. The maximum atomic E-state index is 11.8. The molecule has 0 spiro atoms. The van der Waals surface area contributed by atoms with Crippen LogP contribution < -0.4 is 5.73 Å². The molecule has 0 aromatic carbocycles. The molecule has 2 heterocycles. The molecule has 1 atom stereocenters. The van der Waals surface area contributed by atoms with Gasteiger partial charge in [0.2, 0.25) is 0 Å². The summed E-state index contributed by atoms with van der Waals surface area (Å²) in [4.78, 5) is 2.37. The van der Waals surface area contributed by atoms with Gasteiger partial charge in [-0.3, -0.25) is 4.90 Å². The Kier molecular flexibility index (Phi) is 3.78. The van der Waals surface area contributed by atoms with Gasteiger partial charge in [0.1, 0.15) is 0 Å². The average Bonchev–Trinajstić information content (AvgIpc) is 2.48. The fraction of sp³-hybridized carbons (Fsp3) is 1.00. The molecule has 2 saturated heterocycles. The molecule has 4 nitrogen and oxygen atoms in total. The Labute approximate surface area is 111 Å². The third-order valence-corrected chi connectivity index (χ3v) is 6.56. The summed E-state index contributed by atoms with van der Waals surface area (Å²) in [5, 5.41) is 0. The molecule has 2 fully saturated rings. The van der Waals surface area contributed by atoms with E-state index >= 15 is 0 Å². The van der Waals surface area contributed by atoms with Crippen molar-refractivity contribution in [3.63, 3.8) is 0 Å². The van der Waals surface area contributed by atoms with Crippen molar-refractivity contribution < 1.29 is 8.42 Å². The lowest BCUT2D eigenvalue weighted by Gasteiger charge is -2.39. The van der Waals surface area contributed by atoms with Crippen molar-refractivity contribution in [1.82, 2.24) is 4.90 Å². The van der Waals surface area contributed by atoms with E-state index in [2.05, 4.69) is 18.7 Å². The fourth-order valence-corrected chi connectivity index (χ4v) is 5.43. The minimum Gasteiger partial charge on any atom is -0.329 e. The Morgan fingerprint density at radius 2 is 1.89 bits per heavy atom. The minimum atomic E-state index is -2.88. The van der Waals surface area contributed by atoms with Gasteiger partial charge < -0.3 is 5.73 Å². The first-order valence-corrected chi connectivity index (χ1v) is 8.76. The van der Waals surface area contributed by atoms with Gasteiger partial charge in [-0.25, -0.2) is 8.42 Å². The van der Waals surface area contributed by atoms with Crippen LogP contribution in [0.4, 0.5) is 0 Å². The summed E-state index contributed by atoms with van der Waals surface area (Å²) in [5.41, 5.74) is 6.03. The van der Waals surface area contributed by atoms with Crippen molar-refractivity contribution in [1.29, 1.82) is 0 Å². The second-order valence-corrected chi connectivity index (χ2v) is 8.96. The normalized spacial score (nSPS) is 36.4. The van der Waals surface area contributed by atoms with E-state index in [0.717, 1.165) is 25.9 Å². The number of likely N-dealkylation sites (tertiary alicyclic amines) is 1. The van der Waals surface area contributed by atoms with Crippen LogP contribution in [-0.2, 0) is 9.84 Å². The third-order valence-electron chi connectivity index (χ3n) is 4.76. The molecule has 0 aromatic rings. The predicted molar refractivity (Wildman–Crippen MR) is 74.3 cm³/mol. The van der Waals surface area contributed by atoms with Crippen molar-refractivity contribution in [2.24, 2.45) is 11.1 Å². The molecule has 0 bridgehead atoms. The van der Waals surface area contributed by atoms with Crippen LogP contribution >= 0.6 is 0 Å². The van der Waals surface area contributed by atoms with Gasteiger partial charge in [-0.05, 0) is 44.2 Å². The van der Waals surface area contributed by atoms with Gasteiger partial charge in [-0.1, -0.05) is 13.8 Å². The van der Waals surface area contributed by atoms with Gasteiger partial charge in [-0.2, -0.15) is 0 Å². The van der Waals surface area contributed by atoms with Crippen LogP contribution in [0.1, 0.15) is 39.5 Å². The first kappa shape index (κ1) is 14.3. The number of nitrogens with two attached hydrogens (primary N) is 1. The first-order chi connectivity index (χ1) is 8.29. The van der Waals surface area contributed by atoms with Gasteiger partial charge in [0.05, 0.1) is 11.5 Å². The van der Waals surface area contributed by atoms with Gasteiger partial charge >= 0.3 is 0 Å². The SMILES string of the molecule is CC1(C)CCCN(C2(CN)CCS(=O)(=O)C2)CC1. The van der Waals surface area contributed by atoms with E-state index in [1.165, 1.54) is 6.42 Å². The molecule has 106 valence electrons. The first-order valence-electron chi connectivity index (χ1n) is 6.94. The summed E-state index contributed by atoms with van der Waals surface area (Å²) >= 11 is 0. The summed E-state index contributed by atoms with van der Waals surface area (Å²) in [7, 11) is -2.88. The zero-order chi connectivity index (χ0) is 13.4. The van der Waals surface area contributed by atoms with Crippen molar-refractivity contribution in [3.8, 4) is 0 Å². The quantitative estimate of drug-likeness (QED) is 0.816. The number of hydrogen-bond donors (Lipinski definition) is 1. The Hall–Kier alpha value is -0.130. The maximum Gasteiger partial charge on any atom is 0.152 e. The molecule has 2 aliphatic rings. The molecule has 1 unspecified atom stereocenters. The Morgan fingerprint density at radius 3 is 2.44 bits per heavy atom. The number of sulfone groups is 1. The maximum absolute atomic E-state index is 11.8. The highest BCUT2D eigenvalue weighted by atomic mass is 32.2. The van der Waals surface area contributed by atoms with Crippen LogP contribution in [0.15, 0.2) is 0 Å². The zero-order valence-electron chi connectivity index (χ0n) is 11.6. The van der Waals surface area contributed by atoms with E-state index in [-0.39, 0.29) is 11.3 Å². The second kappa shape index (κ2) is 4.76. The summed E-state index contributed by atoms with van der Waals surface area (Å²) in [6.07, 6.45) is 4.22. The van der Waals surface area contributed by atoms with Crippen molar-refractivity contribution in [3.05, 3.63) is 0 Å². The van der Waals surface area contributed by atoms with Crippen LogP contribution in [0.3, 0.4) is 0 Å². The molecule has 0 aliphatic carbocycles. The van der Waals surface area contributed by atoms with Crippen LogP contribution in [0, 0.1) is 5.41 Å². The number of nitrogens with zero attached hydrogens (tertiary/aromatic N) is 1. The second-order valence-electron chi connectivity index (χ2n) is 6.78. The number of rotatable bonds is 2. The van der Waals surface area contributed by atoms with E-state index in [0.29, 0.717) is 24.1 Å². The molecule has 2 rings (SSSR count). The molecule has 5 heteroatoms. The van der Waals surface area contributed by atoms with Crippen molar-refractivity contribution in [2.75, 3.05) is 31.1 Å². The largest absolute Gasteiger partial charge is 0.329 e. The van der Waals surface area contributed by atoms with Gasteiger partial charge in [0, 0.05) is 12.1 Å². The molecular formula is C13H26N2O2S. The van der Waals surface area contributed by atoms with Gasteiger partial charge in [0.25, 0.3) is 0 Å². The molecular weight excluding hydrogens is 248 g/mol. The van der Waals surface area contributed by atoms with Crippen LogP contribution in [0.2, 0.25) is 0 Å². The van der Waals surface area contributed by atoms with E-state index in [9.17, 15) is 8.42 Å². The highest BCUT2D eigenvalue weighted by molar-refractivity contribution is 7.91. The molecule has 0 aromatic heterocycles. The smallest absolute Gasteiger partial charge is 0.152 e. The fourth-order valence-electron chi connectivity index (χ4n) is 3.34. The van der Waals surface area contributed by atoms with Crippen LogP contribution in [0.5, 0.6) is 0 Å². The average molecular weight is 274 g/mol. The zero-order valence-corrected chi connectivity index (χ0v) is 12.4. The molecule has 0 amide bonds. The Balaban J connectivity index is 2.14. The Bertz CT molecular complexity index is 405. The summed E-state index contributed by atoms with van der Waals surface area (Å²) < 4.78 is 23.6. The van der Waals surface area contributed by atoms with Crippen molar-refractivity contribution in [2.45, 2.75) is 45.1 Å². The van der Waals surface area contributed by atoms with E-state index in [4.69, 9.17) is 5.73 Å². The number of hydrogen-bond acceptors (Lipinski definition) is 4. The summed E-state index contributed by atoms with van der Waals surface area (Å²) in [6, 6.07) is 0. The van der Waals surface area contributed by atoms with Crippen LogP contribution in [0.25, 0.3) is 0 Å². The third kappa shape index (κ3) is 2.89. The van der Waals surface area contributed by atoms with E-state index in [1.54, 1.807) is 0 Å². The van der Waals surface area contributed by atoms with E-state index in [1.807, 2.05) is 0 Å². The van der Waals surface area contributed by atoms with E-state index < -0.39 is 9.84 Å². The lowest BCUT2D eigenvalue weighted by molar-refractivity contribution is 0.116. The predicted octanol–water partition coefficient (Wildman–Crippen LogP) is 1.01. The molecule has 18 heavy (non-hydrogen) atoms. The summed E-state index contributed by atoms with van der Waals surface area (Å²) in [5.74, 6) is 0.570. The highest BCUT2D eigenvalue weighted by Gasteiger charge is 2.46.